The fourth-order valence-electron chi connectivity index (χ4n) is 5.07. The Morgan fingerprint density at radius 2 is 1.89 bits per heavy atom. The number of anilines is 1. The van der Waals surface area contributed by atoms with Crippen molar-refractivity contribution in [1.82, 2.24) is 4.57 Å². The summed E-state index contributed by atoms with van der Waals surface area (Å²) in [5.74, 6) is 0.725. The molecule has 0 bridgehead atoms. The first-order valence-electron chi connectivity index (χ1n) is 9.98. The number of nitrogens with one attached hydrogen (secondary N) is 1. The van der Waals surface area contributed by atoms with E-state index in [-0.39, 0.29) is 23.1 Å². The molecule has 2 aliphatic rings. The number of halogens is 2. The minimum Gasteiger partial charge on any atom is -0.393 e. The fraction of sp³-hybridized carbons (Fsp3) is 0.500. The van der Waals surface area contributed by atoms with Crippen molar-refractivity contribution < 1.29 is 14.3 Å². The predicted octanol–water partition coefficient (Wildman–Crippen LogP) is 5.38. The highest BCUT2D eigenvalue weighted by Crippen LogP contribution is 2.51. The van der Waals surface area contributed by atoms with Gasteiger partial charge in [0.25, 0.3) is 5.91 Å². The molecule has 1 aromatic heterocycles. The molecule has 28 heavy (non-hydrogen) atoms. The first-order valence-corrected chi connectivity index (χ1v) is 10.4. The summed E-state index contributed by atoms with van der Waals surface area (Å²) < 4.78 is 15.4. The van der Waals surface area contributed by atoms with E-state index >= 15 is 0 Å². The third kappa shape index (κ3) is 3.58. The summed E-state index contributed by atoms with van der Waals surface area (Å²) in [6.45, 7) is 4.10. The Hall–Kier alpha value is -1.85. The van der Waals surface area contributed by atoms with Gasteiger partial charge < -0.3 is 15.0 Å². The minimum atomic E-state index is -0.509. The van der Waals surface area contributed by atoms with E-state index in [1.54, 1.807) is 0 Å². The van der Waals surface area contributed by atoms with Gasteiger partial charge in [-0.2, -0.15) is 0 Å². The van der Waals surface area contributed by atoms with Gasteiger partial charge in [-0.3, -0.25) is 4.79 Å². The van der Waals surface area contributed by atoms with Crippen LogP contribution in [-0.4, -0.2) is 21.7 Å². The standard InChI is InChI=1S/C22H26ClFN2O2/c1-12(2)26-6-5-18(15-7-13-9-17(27)10-14(13)8-15)21(26)22(28)25-16-3-4-20(24)19(23)11-16/h3-6,11-15,17,27H,7-10H2,1-2H3,(H,25,28). The average Bonchev–Trinajstić information content (AvgIpc) is 3.29. The molecule has 2 atom stereocenters. The summed E-state index contributed by atoms with van der Waals surface area (Å²) in [5.41, 5.74) is 2.22. The van der Waals surface area contributed by atoms with Gasteiger partial charge in [-0.15, -0.1) is 0 Å². The van der Waals surface area contributed by atoms with Crippen molar-refractivity contribution in [3.8, 4) is 0 Å². The number of hydrogen-bond acceptors (Lipinski definition) is 2. The molecule has 0 radical (unpaired) electrons. The fourth-order valence-corrected chi connectivity index (χ4v) is 5.25. The van der Waals surface area contributed by atoms with Crippen molar-refractivity contribution in [1.29, 1.82) is 0 Å². The van der Waals surface area contributed by atoms with Crippen LogP contribution in [0.1, 0.15) is 67.5 Å². The maximum Gasteiger partial charge on any atom is 0.272 e. The quantitative estimate of drug-likeness (QED) is 0.718. The number of fused-ring (bicyclic) bond motifs is 1. The van der Waals surface area contributed by atoms with E-state index in [0.717, 1.165) is 31.2 Å². The molecule has 1 aromatic carbocycles. The van der Waals surface area contributed by atoms with Crippen molar-refractivity contribution in [2.75, 3.05) is 5.32 Å². The molecule has 0 spiro atoms. The van der Waals surface area contributed by atoms with Crippen LogP contribution >= 0.6 is 11.6 Å². The zero-order valence-corrected chi connectivity index (χ0v) is 16.9. The molecule has 2 fully saturated rings. The van der Waals surface area contributed by atoms with Gasteiger partial charge in [0.15, 0.2) is 0 Å². The number of hydrogen-bond donors (Lipinski definition) is 2. The molecule has 150 valence electrons. The van der Waals surface area contributed by atoms with Crippen molar-refractivity contribution in [2.45, 2.75) is 57.6 Å². The molecule has 1 heterocycles. The lowest BCUT2D eigenvalue weighted by molar-refractivity contribution is 0.101. The molecule has 2 aliphatic carbocycles. The van der Waals surface area contributed by atoms with Crippen molar-refractivity contribution in [2.24, 2.45) is 11.8 Å². The second kappa shape index (κ2) is 7.53. The Labute approximate surface area is 169 Å². The highest BCUT2D eigenvalue weighted by atomic mass is 35.5. The Morgan fingerprint density at radius 3 is 2.50 bits per heavy atom. The van der Waals surface area contributed by atoms with Crippen molar-refractivity contribution in [3.63, 3.8) is 0 Å². The first kappa shape index (κ1) is 19.5. The Morgan fingerprint density at radius 1 is 1.21 bits per heavy atom. The Balaban J connectivity index is 1.61. The van der Waals surface area contributed by atoms with Crippen LogP contribution < -0.4 is 5.32 Å². The molecule has 2 aromatic rings. The smallest absolute Gasteiger partial charge is 0.272 e. The first-order chi connectivity index (χ1) is 13.3. The average molecular weight is 405 g/mol. The van der Waals surface area contributed by atoms with E-state index in [0.29, 0.717) is 29.1 Å². The van der Waals surface area contributed by atoms with Crippen LogP contribution in [0.3, 0.4) is 0 Å². The second-order valence-electron chi connectivity index (χ2n) is 8.52. The largest absolute Gasteiger partial charge is 0.393 e. The maximum atomic E-state index is 13.4. The number of benzene rings is 1. The van der Waals surface area contributed by atoms with E-state index in [9.17, 15) is 14.3 Å². The van der Waals surface area contributed by atoms with Crippen LogP contribution in [0.5, 0.6) is 0 Å². The molecular weight excluding hydrogens is 379 g/mol. The van der Waals surface area contributed by atoms with Gasteiger partial charge in [-0.1, -0.05) is 11.6 Å². The third-order valence-corrected chi connectivity index (χ3v) is 6.62. The van der Waals surface area contributed by atoms with Gasteiger partial charge in [-0.25, -0.2) is 4.39 Å². The van der Waals surface area contributed by atoms with E-state index in [1.807, 2.05) is 10.8 Å². The second-order valence-corrected chi connectivity index (χ2v) is 8.92. The van der Waals surface area contributed by atoms with Gasteiger partial charge >= 0.3 is 0 Å². The summed E-state index contributed by atoms with van der Waals surface area (Å²) in [6.07, 6.45) is 5.61. The number of carbonyl (C=O) groups is 1. The molecule has 2 saturated carbocycles. The Bertz CT molecular complexity index is 881. The molecule has 1 amide bonds. The molecule has 6 heteroatoms. The normalized spacial score (nSPS) is 26.6. The number of aliphatic hydroxyl groups is 1. The van der Waals surface area contributed by atoms with Crippen LogP contribution in [0, 0.1) is 17.7 Å². The molecule has 0 saturated heterocycles. The topological polar surface area (TPSA) is 54.3 Å². The van der Waals surface area contributed by atoms with Crippen LogP contribution in [0.25, 0.3) is 0 Å². The highest BCUT2D eigenvalue weighted by molar-refractivity contribution is 6.31. The number of aromatic nitrogens is 1. The molecule has 2 unspecified atom stereocenters. The van der Waals surface area contributed by atoms with E-state index in [4.69, 9.17) is 11.6 Å². The summed E-state index contributed by atoms with van der Waals surface area (Å²) in [6, 6.07) is 6.41. The number of amides is 1. The predicted molar refractivity (Wildman–Crippen MR) is 108 cm³/mol. The summed E-state index contributed by atoms with van der Waals surface area (Å²) in [4.78, 5) is 13.2. The summed E-state index contributed by atoms with van der Waals surface area (Å²) in [5, 5.41) is 12.8. The monoisotopic (exact) mass is 404 g/mol. The van der Waals surface area contributed by atoms with Gasteiger partial charge in [0.05, 0.1) is 11.1 Å². The zero-order chi connectivity index (χ0) is 20.0. The van der Waals surface area contributed by atoms with Gasteiger partial charge in [0.2, 0.25) is 0 Å². The molecule has 2 N–H and O–H groups in total. The minimum absolute atomic E-state index is 0.0144. The van der Waals surface area contributed by atoms with Crippen LogP contribution in [0.4, 0.5) is 10.1 Å². The lowest BCUT2D eigenvalue weighted by Gasteiger charge is -2.18. The van der Waals surface area contributed by atoms with Crippen molar-refractivity contribution >= 4 is 23.2 Å². The number of carbonyl (C=O) groups excluding carboxylic acids is 1. The van der Waals surface area contributed by atoms with Gasteiger partial charge in [0, 0.05) is 17.9 Å². The van der Waals surface area contributed by atoms with Gasteiger partial charge in [0.1, 0.15) is 11.5 Å². The number of rotatable bonds is 4. The highest BCUT2D eigenvalue weighted by Gasteiger charge is 2.42. The van der Waals surface area contributed by atoms with Crippen molar-refractivity contribution in [3.05, 3.63) is 52.6 Å². The third-order valence-electron chi connectivity index (χ3n) is 6.33. The maximum absolute atomic E-state index is 13.4. The molecular formula is C22H26ClFN2O2. The summed E-state index contributed by atoms with van der Waals surface area (Å²) in [7, 11) is 0. The Kier molecular flexibility index (Phi) is 5.23. The van der Waals surface area contributed by atoms with E-state index in [2.05, 4.69) is 25.2 Å². The number of nitrogens with zero attached hydrogens (tertiary/aromatic N) is 1. The number of aliphatic hydroxyl groups excluding tert-OH is 1. The van der Waals surface area contributed by atoms with E-state index < -0.39 is 5.82 Å². The lowest BCUT2D eigenvalue weighted by Crippen LogP contribution is -2.20. The molecule has 4 nitrogen and oxygen atoms in total. The zero-order valence-electron chi connectivity index (χ0n) is 16.2. The molecule has 4 rings (SSSR count). The SMILES string of the molecule is CC(C)n1ccc(C2CC3CC(O)CC3C2)c1C(=O)Nc1ccc(F)c(Cl)c1. The molecule has 0 aliphatic heterocycles. The lowest BCUT2D eigenvalue weighted by atomic mass is 9.94. The van der Waals surface area contributed by atoms with Crippen LogP contribution in [-0.2, 0) is 0 Å². The van der Waals surface area contributed by atoms with Crippen LogP contribution in [0.2, 0.25) is 5.02 Å². The van der Waals surface area contributed by atoms with Gasteiger partial charge in [-0.05, 0) is 87.1 Å². The summed E-state index contributed by atoms with van der Waals surface area (Å²) >= 11 is 5.85. The van der Waals surface area contributed by atoms with E-state index in [1.165, 1.54) is 18.2 Å². The van der Waals surface area contributed by atoms with Crippen LogP contribution in [0.15, 0.2) is 30.5 Å².